The summed E-state index contributed by atoms with van der Waals surface area (Å²) in [6.45, 7) is 5.94. The van der Waals surface area contributed by atoms with E-state index in [0.717, 1.165) is 23.1 Å². The summed E-state index contributed by atoms with van der Waals surface area (Å²) in [5, 5.41) is 3.05. The quantitative estimate of drug-likeness (QED) is 0.421. The monoisotopic (exact) mass is 476 g/mol. The van der Waals surface area contributed by atoms with Crippen molar-refractivity contribution in [1.82, 2.24) is 10.2 Å². The molecule has 0 unspecified atom stereocenters. The lowest BCUT2D eigenvalue weighted by atomic mass is 10.0. The first-order valence-electron chi connectivity index (χ1n) is 11.9. The van der Waals surface area contributed by atoms with Gasteiger partial charge in [-0.05, 0) is 55.7 Å². The lowest BCUT2D eigenvalue weighted by Gasteiger charge is -2.32. The molecule has 0 fully saturated rings. The Bertz CT molecular complexity index is 1100. The van der Waals surface area contributed by atoms with E-state index >= 15 is 0 Å². The molecule has 3 aromatic rings. The minimum absolute atomic E-state index is 0.0211. The Morgan fingerprint density at radius 1 is 0.971 bits per heavy atom. The molecule has 6 heteroatoms. The van der Waals surface area contributed by atoms with Crippen molar-refractivity contribution in [2.24, 2.45) is 0 Å². The Morgan fingerprint density at radius 2 is 1.66 bits per heavy atom. The van der Waals surface area contributed by atoms with E-state index in [4.69, 9.17) is 4.74 Å². The summed E-state index contributed by atoms with van der Waals surface area (Å²) >= 11 is 0. The summed E-state index contributed by atoms with van der Waals surface area (Å²) in [5.74, 6) is -0.518. The standard InChI is InChI=1S/C29H33FN2O3/c1-4-22(3)31-29(34)27(18-23-10-6-5-7-11-23)32(19-24-12-8-9-21(2)17-24)28(33)20-35-26-15-13-25(30)14-16-26/h5-17,22,27H,4,18-20H2,1-3H3,(H,31,34)/t22-,27-/m1/s1. The van der Waals surface area contributed by atoms with Gasteiger partial charge < -0.3 is 15.0 Å². The van der Waals surface area contributed by atoms with Crippen molar-refractivity contribution in [3.8, 4) is 5.75 Å². The summed E-state index contributed by atoms with van der Waals surface area (Å²) in [7, 11) is 0. The number of benzene rings is 3. The van der Waals surface area contributed by atoms with Crippen LogP contribution in [0.5, 0.6) is 5.75 Å². The number of aryl methyl sites for hydroxylation is 1. The van der Waals surface area contributed by atoms with Crippen molar-refractivity contribution in [2.75, 3.05) is 6.61 Å². The van der Waals surface area contributed by atoms with Crippen molar-refractivity contribution < 1.29 is 18.7 Å². The van der Waals surface area contributed by atoms with Crippen LogP contribution in [0.4, 0.5) is 4.39 Å². The predicted molar refractivity (Wildman–Crippen MR) is 135 cm³/mol. The van der Waals surface area contributed by atoms with Crippen LogP contribution >= 0.6 is 0 Å². The highest BCUT2D eigenvalue weighted by Gasteiger charge is 2.31. The molecule has 0 aromatic heterocycles. The Labute approximate surface area is 206 Å². The van der Waals surface area contributed by atoms with E-state index < -0.39 is 6.04 Å². The Morgan fingerprint density at radius 3 is 2.31 bits per heavy atom. The van der Waals surface area contributed by atoms with Crippen molar-refractivity contribution >= 4 is 11.8 Å². The third-order valence-corrected chi connectivity index (χ3v) is 5.88. The van der Waals surface area contributed by atoms with Gasteiger partial charge in [0.2, 0.25) is 5.91 Å². The molecule has 0 heterocycles. The summed E-state index contributed by atoms with van der Waals surface area (Å²) in [6.07, 6.45) is 1.15. The minimum atomic E-state index is -0.726. The lowest BCUT2D eigenvalue weighted by Crippen LogP contribution is -2.53. The van der Waals surface area contributed by atoms with Crippen LogP contribution in [0.25, 0.3) is 0 Å². The first kappa shape index (κ1) is 25.9. The number of hydrogen-bond acceptors (Lipinski definition) is 3. The first-order valence-corrected chi connectivity index (χ1v) is 11.9. The van der Waals surface area contributed by atoms with Gasteiger partial charge in [-0.1, -0.05) is 67.1 Å². The smallest absolute Gasteiger partial charge is 0.261 e. The maximum Gasteiger partial charge on any atom is 0.261 e. The SMILES string of the molecule is CC[C@@H](C)NC(=O)[C@@H](Cc1ccccc1)N(Cc1cccc(C)c1)C(=O)COc1ccc(F)cc1. The molecular weight excluding hydrogens is 443 g/mol. The van der Waals surface area contributed by atoms with Crippen molar-refractivity contribution in [3.05, 3.63) is 101 Å². The van der Waals surface area contributed by atoms with Crippen molar-refractivity contribution in [3.63, 3.8) is 0 Å². The van der Waals surface area contributed by atoms with Gasteiger partial charge in [-0.3, -0.25) is 9.59 Å². The molecule has 1 N–H and O–H groups in total. The van der Waals surface area contributed by atoms with Crippen molar-refractivity contribution in [1.29, 1.82) is 0 Å². The molecule has 0 aliphatic carbocycles. The molecular formula is C29H33FN2O3. The van der Waals surface area contributed by atoms with E-state index in [1.165, 1.54) is 24.3 Å². The zero-order chi connectivity index (χ0) is 25.2. The van der Waals surface area contributed by atoms with Gasteiger partial charge in [0.15, 0.2) is 6.61 Å². The molecule has 0 aliphatic rings. The van der Waals surface area contributed by atoms with Crippen LogP contribution < -0.4 is 10.1 Å². The Kier molecular flexibility index (Phi) is 9.41. The summed E-state index contributed by atoms with van der Waals surface area (Å²) in [5.41, 5.74) is 2.95. The van der Waals surface area contributed by atoms with Crippen LogP contribution in [0.2, 0.25) is 0 Å². The van der Waals surface area contributed by atoms with E-state index in [1.54, 1.807) is 4.90 Å². The van der Waals surface area contributed by atoms with Crippen LogP contribution in [0.1, 0.15) is 37.0 Å². The second kappa shape index (κ2) is 12.7. The van der Waals surface area contributed by atoms with Gasteiger partial charge in [0, 0.05) is 19.0 Å². The highest BCUT2D eigenvalue weighted by molar-refractivity contribution is 5.88. The second-order valence-electron chi connectivity index (χ2n) is 8.78. The predicted octanol–water partition coefficient (Wildman–Crippen LogP) is 5.07. The topological polar surface area (TPSA) is 58.6 Å². The average Bonchev–Trinajstić information content (AvgIpc) is 2.86. The number of halogens is 1. The molecule has 0 saturated heterocycles. The van der Waals surface area contributed by atoms with Crippen LogP contribution in [0, 0.1) is 12.7 Å². The van der Waals surface area contributed by atoms with Crippen molar-refractivity contribution in [2.45, 2.75) is 52.2 Å². The fourth-order valence-electron chi connectivity index (χ4n) is 3.76. The summed E-state index contributed by atoms with van der Waals surface area (Å²) in [4.78, 5) is 28.5. The maximum atomic E-state index is 13.5. The van der Waals surface area contributed by atoms with Gasteiger partial charge >= 0.3 is 0 Å². The number of hydrogen-bond donors (Lipinski definition) is 1. The molecule has 2 atom stereocenters. The number of carbonyl (C=O) groups is 2. The van der Waals surface area contributed by atoms with Gasteiger partial charge in [-0.15, -0.1) is 0 Å². The van der Waals surface area contributed by atoms with Crippen LogP contribution in [-0.4, -0.2) is 35.4 Å². The number of carbonyl (C=O) groups excluding carboxylic acids is 2. The molecule has 2 amide bonds. The highest BCUT2D eigenvalue weighted by atomic mass is 19.1. The van der Waals surface area contributed by atoms with Gasteiger partial charge in [0.25, 0.3) is 5.91 Å². The fourth-order valence-corrected chi connectivity index (χ4v) is 3.76. The number of rotatable bonds is 11. The molecule has 3 aromatic carbocycles. The maximum absolute atomic E-state index is 13.5. The van der Waals surface area contributed by atoms with Crippen LogP contribution in [0.15, 0.2) is 78.9 Å². The molecule has 0 saturated carbocycles. The first-order chi connectivity index (χ1) is 16.9. The average molecular weight is 477 g/mol. The fraction of sp³-hybridized carbons (Fsp3) is 0.310. The molecule has 0 spiro atoms. The normalized spacial score (nSPS) is 12.5. The lowest BCUT2D eigenvalue weighted by molar-refractivity contribution is -0.143. The highest BCUT2D eigenvalue weighted by Crippen LogP contribution is 2.17. The number of amides is 2. The van der Waals surface area contributed by atoms with E-state index in [-0.39, 0.29) is 36.8 Å². The van der Waals surface area contributed by atoms with E-state index in [0.29, 0.717) is 12.2 Å². The molecule has 35 heavy (non-hydrogen) atoms. The molecule has 184 valence electrons. The van der Waals surface area contributed by atoms with E-state index in [9.17, 15) is 14.0 Å². The number of ether oxygens (including phenoxy) is 1. The van der Waals surface area contributed by atoms with Gasteiger partial charge in [-0.2, -0.15) is 0 Å². The molecule has 0 bridgehead atoms. The second-order valence-corrected chi connectivity index (χ2v) is 8.78. The number of nitrogens with zero attached hydrogens (tertiary/aromatic N) is 1. The van der Waals surface area contributed by atoms with Gasteiger partial charge in [0.05, 0.1) is 0 Å². The van der Waals surface area contributed by atoms with Crippen LogP contribution in [0.3, 0.4) is 0 Å². The molecule has 3 rings (SSSR count). The minimum Gasteiger partial charge on any atom is -0.484 e. The van der Waals surface area contributed by atoms with Gasteiger partial charge in [0.1, 0.15) is 17.6 Å². The largest absolute Gasteiger partial charge is 0.484 e. The molecule has 5 nitrogen and oxygen atoms in total. The van der Waals surface area contributed by atoms with E-state index in [2.05, 4.69) is 5.32 Å². The zero-order valence-electron chi connectivity index (χ0n) is 20.5. The summed E-state index contributed by atoms with van der Waals surface area (Å²) < 4.78 is 18.9. The molecule has 0 aliphatic heterocycles. The Hall–Kier alpha value is -3.67. The Balaban J connectivity index is 1.90. The molecule has 0 radical (unpaired) electrons. The third-order valence-electron chi connectivity index (χ3n) is 5.88. The number of nitrogens with one attached hydrogen (secondary N) is 1. The third kappa shape index (κ3) is 7.95. The zero-order valence-corrected chi connectivity index (χ0v) is 20.5. The van der Waals surface area contributed by atoms with E-state index in [1.807, 2.05) is 75.4 Å². The van der Waals surface area contributed by atoms with Gasteiger partial charge in [-0.25, -0.2) is 4.39 Å². The van der Waals surface area contributed by atoms with Crippen LogP contribution in [-0.2, 0) is 22.6 Å². The summed E-state index contributed by atoms with van der Waals surface area (Å²) in [6, 6.07) is 22.3.